The smallest absolute Gasteiger partial charge is 0.154 e. The van der Waals surface area contributed by atoms with Crippen LogP contribution in [0, 0.1) is 0 Å². The summed E-state index contributed by atoms with van der Waals surface area (Å²) in [5.41, 5.74) is 5.56. The van der Waals surface area contributed by atoms with Gasteiger partial charge in [0.1, 0.15) is 0 Å². The fourth-order valence-corrected chi connectivity index (χ4v) is 4.43. The average molecular weight is 475 g/mol. The maximum absolute atomic E-state index is 4.43. The Labute approximate surface area is 189 Å². The number of benzene rings is 1. The third kappa shape index (κ3) is 4.51. The Balaban J connectivity index is 0.000000171. The molecule has 6 rings (SSSR count). The number of nitrogens with zero attached hydrogens (tertiary/aromatic N) is 6. The van der Waals surface area contributed by atoms with Gasteiger partial charge in [0.2, 0.25) is 0 Å². The van der Waals surface area contributed by atoms with Gasteiger partial charge in [-0.2, -0.15) is 10.2 Å². The number of fused-ring (bicyclic) bond motifs is 2. The Bertz CT molecular complexity index is 1280. The first-order valence-electron chi connectivity index (χ1n) is 10.6. The zero-order valence-corrected chi connectivity index (χ0v) is 18.7. The summed E-state index contributed by atoms with van der Waals surface area (Å²) in [6, 6.07) is 12.8. The van der Waals surface area contributed by atoms with Crippen LogP contribution in [0.2, 0.25) is 0 Å². The van der Waals surface area contributed by atoms with E-state index in [1.807, 2.05) is 35.2 Å². The molecule has 0 atom stereocenters. The highest BCUT2D eigenvalue weighted by Gasteiger charge is 2.15. The fraction of sp³-hybridized carbons (Fsp3) is 0.250. The summed E-state index contributed by atoms with van der Waals surface area (Å²) < 4.78 is 4.47. The van der Waals surface area contributed by atoms with E-state index in [2.05, 4.69) is 60.4 Å². The van der Waals surface area contributed by atoms with Gasteiger partial charge in [-0.1, -0.05) is 43.5 Å². The number of hydrogen-bond acceptors (Lipinski definition) is 4. The lowest BCUT2D eigenvalue weighted by Crippen LogP contribution is -2.04. The lowest BCUT2D eigenvalue weighted by molar-refractivity contribution is 0.443. The SMILES string of the molecule is Brc1cnc2ccnn2c1.c1cc2ncc(-c3ccc(C4CCCCC4)cc3)cn2n1. The normalized spacial score (nSPS) is 14.5. The third-order valence-corrected chi connectivity index (χ3v) is 6.19. The molecule has 1 aromatic carbocycles. The van der Waals surface area contributed by atoms with E-state index in [0.29, 0.717) is 0 Å². The van der Waals surface area contributed by atoms with Crippen molar-refractivity contribution in [2.24, 2.45) is 0 Å². The second kappa shape index (κ2) is 8.98. The first-order chi connectivity index (χ1) is 15.3. The topological polar surface area (TPSA) is 60.4 Å². The highest BCUT2D eigenvalue weighted by molar-refractivity contribution is 9.10. The van der Waals surface area contributed by atoms with Gasteiger partial charge in [0.15, 0.2) is 11.3 Å². The van der Waals surface area contributed by atoms with Gasteiger partial charge in [-0.25, -0.2) is 19.0 Å². The van der Waals surface area contributed by atoms with E-state index in [4.69, 9.17) is 0 Å². The van der Waals surface area contributed by atoms with Crippen molar-refractivity contribution in [2.75, 3.05) is 0 Å². The Hall–Kier alpha value is -3.06. The quantitative estimate of drug-likeness (QED) is 0.317. The van der Waals surface area contributed by atoms with Crippen molar-refractivity contribution >= 4 is 27.2 Å². The van der Waals surface area contributed by atoms with Crippen LogP contribution in [0.25, 0.3) is 22.4 Å². The molecule has 4 heterocycles. The highest BCUT2D eigenvalue weighted by Crippen LogP contribution is 2.33. The molecule has 1 fully saturated rings. The van der Waals surface area contributed by atoms with E-state index in [1.54, 1.807) is 23.1 Å². The molecule has 1 aliphatic carbocycles. The molecule has 7 heteroatoms. The first-order valence-corrected chi connectivity index (χ1v) is 11.4. The molecule has 4 aromatic heterocycles. The molecule has 0 bridgehead atoms. The van der Waals surface area contributed by atoms with Crippen LogP contribution >= 0.6 is 15.9 Å². The molecular weight excluding hydrogens is 452 g/mol. The highest BCUT2D eigenvalue weighted by atomic mass is 79.9. The van der Waals surface area contributed by atoms with Crippen molar-refractivity contribution in [3.8, 4) is 11.1 Å². The van der Waals surface area contributed by atoms with Crippen LogP contribution < -0.4 is 0 Å². The van der Waals surface area contributed by atoms with Crippen molar-refractivity contribution in [1.82, 2.24) is 29.2 Å². The lowest BCUT2D eigenvalue weighted by atomic mass is 9.84. The maximum atomic E-state index is 4.43. The van der Waals surface area contributed by atoms with Crippen LogP contribution in [0.3, 0.4) is 0 Å². The van der Waals surface area contributed by atoms with Crippen LogP contribution in [-0.2, 0) is 0 Å². The summed E-state index contributed by atoms with van der Waals surface area (Å²) in [5, 5.41) is 8.25. The summed E-state index contributed by atoms with van der Waals surface area (Å²) >= 11 is 3.29. The second-order valence-electron chi connectivity index (χ2n) is 7.84. The Kier molecular flexibility index (Phi) is 5.76. The van der Waals surface area contributed by atoms with Crippen LogP contribution in [-0.4, -0.2) is 29.2 Å². The van der Waals surface area contributed by atoms with Crippen molar-refractivity contribution in [1.29, 1.82) is 0 Å². The standard InChI is InChI=1S/C18H19N3.C6H4BrN3/c1-2-4-14(5-3-1)15-6-8-16(9-7-15)17-12-19-18-10-11-20-21(18)13-17;7-5-3-8-6-1-2-9-10(6)4-5/h6-14H,1-5H2;1-4H. The van der Waals surface area contributed by atoms with E-state index in [9.17, 15) is 0 Å². The Morgan fingerprint density at radius 2 is 1.35 bits per heavy atom. The molecule has 5 aromatic rings. The predicted molar refractivity (Wildman–Crippen MR) is 125 cm³/mol. The van der Waals surface area contributed by atoms with E-state index in [0.717, 1.165) is 27.2 Å². The number of rotatable bonds is 2. The van der Waals surface area contributed by atoms with Gasteiger partial charge >= 0.3 is 0 Å². The van der Waals surface area contributed by atoms with Crippen LogP contribution in [0.1, 0.15) is 43.6 Å². The first kappa shape index (κ1) is 19.9. The van der Waals surface area contributed by atoms with Gasteiger partial charge in [0.25, 0.3) is 0 Å². The molecular formula is C24H23BrN6. The molecule has 0 unspecified atom stereocenters. The minimum atomic E-state index is 0.763. The summed E-state index contributed by atoms with van der Waals surface area (Å²) in [6.07, 6.45) is 17.9. The van der Waals surface area contributed by atoms with Crippen molar-refractivity contribution in [3.63, 3.8) is 0 Å². The lowest BCUT2D eigenvalue weighted by Gasteiger charge is -2.22. The van der Waals surface area contributed by atoms with Gasteiger partial charge in [-0.3, -0.25) is 0 Å². The van der Waals surface area contributed by atoms with Gasteiger partial charge in [0, 0.05) is 42.5 Å². The molecule has 0 saturated heterocycles. The van der Waals surface area contributed by atoms with Crippen LogP contribution in [0.4, 0.5) is 0 Å². The third-order valence-electron chi connectivity index (χ3n) is 5.78. The summed E-state index contributed by atoms with van der Waals surface area (Å²) in [6.45, 7) is 0. The zero-order valence-electron chi connectivity index (χ0n) is 17.1. The van der Waals surface area contributed by atoms with Crippen LogP contribution in [0.15, 0.2) is 78.1 Å². The van der Waals surface area contributed by atoms with Crippen molar-refractivity contribution in [3.05, 3.63) is 83.6 Å². The monoisotopic (exact) mass is 474 g/mol. The molecule has 1 aliphatic rings. The summed E-state index contributed by atoms with van der Waals surface area (Å²) in [7, 11) is 0. The average Bonchev–Trinajstić information content (AvgIpc) is 3.48. The molecule has 156 valence electrons. The van der Waals surface area contributed by atoms with E-state index >= 15 is 0 Å². The van der Waals surface area contributed by atoms with Crippen molar-refractivity contribution < 1.29 is 0 Å². The summed E-state index contributed by atoms with van der Waals surface area (Å²) in [4.78, 5) is 8.52. The van der Waals surface area contributed by atoms with Gasteiger partial charge < -0.3 is 0 Å². The Morgan fingerprint density at radius 1 is 0.710 bits per heavy atom. The van der Waals surface area contributed by atoms with E-state index in [1.165, 1.54) is 43.2 Å². The zero-order chi connectivity index (χ0) is 21.0. The fourth-order valence-electron chi connectivity index (χ4n) is 4.13. The van der Waals surface area contributed by atoms with Crippen molar-refractivity contribution in [2.45, 2.75) is 38.0 Å². The minimum Gasteiger partial charge on any atom is -0.236 e. The van der Waals surface area contributed by atoms with E-state index < -0.39 is 0 Å². The van der Waals surface area contributed by atoms with E-state index in [-0.39, 0.29) is 0 Å². The largest absolute Gasteiger partial charge is 0.236 e. The number of halogens is 1. The molecule has 0 N–H and O–H groups in total. The second-order valence-corrected chi connectivity index (χ2v) is 8.76. The molecule has 0 aliphatic heterocycles. The summed E-state index contributed by atoms with van der Waals surface area (Å²) in [5.74, 6) is 0.763. The van der Waals surface area contributed by atoms with Crippen LogP contribution in [0.5, 0.6) is 0 Å². The molecule has 0 amide bonds. The molecule has 6 nitrogen and oxygen atoms in total. The molecule has 1 saturated carbocycles. The maximum Gasteiger partial charge on any atom is 0.154 e. The number of aromatic nitrogens is 6. The van der Waals surface area contributed by atoms with Gasteiger partial charge in [0.05, 0.1) is 16.9 Å². The van der Waals surface area contributed by atoms with Gasteiger partial charge in [-0.15, -0.1) is 0 Å². The predicted octanol–water partition coefficient (Wildman–Crippen LogP) is 5.94. The van der Waals surface area contributed by atoms with Gasteiger partial charge in [-0.05, 0) is 45.8 Å². The minimum absolute atomic E-state index is 0.763. The molecule has 31 heavy (non-hydrogen) atoms. The Morgan fingerprint density at radius 3 is 2.06 bits per heavy atom. The molecule has 0 spiro atoms. The molecule has 0 radical (unpaired) electrons. The number of hydrogen-bond donors (Lipinski definition) is 0.